The van der Waals surface area contributed by atoms with E-state index >= 15 is 0 Å². The van der Waals surface area contributed by atoms with Crippen LogP contribution in [-0.4, -0.2) is 36.0 Å². The number of carbonyl (C=O) groups excluding carboxylic acids is 1. The summed E-state index contributed by atoms with van der Waals surface area (Å²) in [5.74, 6) is 1.69. The highest BCUT2D eigenvalue weighted by atomic mass is 16.7. The van der Waals surface area contributed by atoms with Gasteiger partial charge in [-0.05, 0) is 42.5 Å². The Labute approximate surface area is 150 Å². The molecule has 1 amide bonds. The molecule has 7 nitrogen and oxygen atoms in total. The third kappa shape index (κ3) is 3.17. The zero-order chi connectivity index (χ0) is 18.1. The minimum absolute atomic E-state index is 0.165. The van der Waals surface area contributed by atoms with Crippen LogP contribution >= 0.6 is 0 Å². The molecule has 7 heteroatoms. The van der Waals surface area contributed by atoms with Gasteiger partial charge in [-0.3, -0.25) is 4.79 Å². The zero-order valence-corrected chi connectivity index (χ0v) is 14.3. The van der Waals surface area contributed by atoms with E-state index in [1.54, 1.807) is 37.6 Å². The Bertz CT molecular complexity index is 802. The van der Waals surface area contributed by atoms with Gasteiger partial charge in [-0.15, -0.1) is 0 Å². The van der Waals surface area contributed by atoms with Crippen LogP contribution in [0.15, 0.2) is 36.5 Å². The van der Waals surface area contributed by atoms with Gasteiger partial charge in [0.25, 0.3) is 5.91 Å². The number of amides is 1. The molecule has 1 aliphatic carbocycles. The summed E-state index contributed by atoms with van der Waals surface area (Å²) >= 11 is 0. The molecule has 1 aliphatic heterocycles. The van der Waals surface area contributed by atoms with Crippen LogP contribution in [-0.2, 0) is 0 Å². The molecular formula is C19H20N2O5. The Morgan fingerprint density at radius 1 is 1.27 bits per heavy atom. The van der Waals surface area contributed by atoms with Crippen molar-refractivity contribution in [2.45, 2.75) is 25.0 Å². The van der Waals surface area contributed by atoms with E-state index in [4.69, 9.17) is 14.2 Å². The lowest BCUT2D eigenvalue weighted by atomic mass is 9.75. The maximum absolute atomic E-state index is 12.8. The van der Waals surface area contributed by atoms with Crippen molar-refractivity contribution in [3.05, 3.63) is 47.7 Å². The van der Waals surface area contributed by atoms with Gasteiger partial charge in [0.15, 0.2) is 11.5 Å². The molecule has 26 heavy (non-hydrogen) atoms. The Morgan fingerprint density at radius 3 is 2.77 bits per heavy atom. The van der Waals surface area contributed by atoms with Crippen molar-refractivity contribution in [1.29, 1.82) is 0 Å². The minimum Gasteiger partial charge on any atom is -0.481 e. The SMILES string of the molecule is COc1ccc([C@H](NC(=O)c2ccc3c(c2)OCO3)C2CC(O)C2)cn1. The Morgan fingerprint density at radius 2 is 2.08 bits per heavy atom. The standard InChI is InChI=1S/C19H20N2O5/c1-24-17-5-3-12(9-20-17)18(13-6-14(22)7-13)21-19(23)11-2-4-15-16(8-11)26-10-25-15/h2-5,8-9,13-14,18,22H,6-7,10H2,1H3,(H,21,23)/t13?,14?,18-/m0/s1. The van der Waals surface area contributed by atoms with Crippen LogP contribution in [0, 0.1) is 5.92 Å². The van der Waals surface area contributed by atoms with E-state index in [2.05, 4.69) is 10.3 Å². The molecular weight excluding hydrogens is 336 g/mol. The van der Waals surface area contributed by atoms with Gasteiger partial charge in [-0.2, -0.15) is 0 Å². The van der Waals surface area contributed by atoms with Gasteiger partial charge in [0.2, 0.25) is 12.7 Å². The van der Waals surface area contributed by atoms with Gasteiger partial charge in [0.1, 0.15) is 0 Å². The topological polar surface area (TPSA) is 89.9 Å². The fraction of sp³-hybridized carbons (Fsp3) is 0.368. The van der Waals surface area contributed by atoms with E-state index in [-0.39, 0.29) is 30.8 Å². The highest BCUT2D eigenvalue weighted by molar-refractivity contribution is 5.95. The van der Waals surface area contributed by atoms with E-state index in [0.717, 1.165) is 5.56 Å². The predicted molar refractivity (Wildman–Crippen MR) is 92.3 cm³/mol. The molecule has 2 aliphatic rings. The van der Waals surface area contributed by atoms with Crippen LogP contribution in [0.5, 0.6) is 17.4 Å². The number of nitrogens with zero attached hydrogens (tertiary/aromatic N) is 1. The first kappa shape index (κ1) is 16.7. The molecule has 1 fully saturated rings. The normalized spacial score (nSPS) is 21.6. The van der Waals surface area contributed by atoms with Crippen molar-refractivity contribution in [3.63, 3.8) is 0 Å². The number of hydrogen-bond acceptors (Lipinski definition) is 6. The number of hydrogen-bond donors (Lipinski definition) is 2. The molecule has 0 unspecified atom stereocenters. The fourth-order valence-electron chi connectivity index (χ4n) is 3.33. The Kier molecular flexibility index (Phi) is 4.38. The molecule has 2 heterocycles. The number of ether oxygens (including phenoxy) is 3. The molecule has 0 spiro atoms. The van der Waals surface area contributed by atoms with Crippen LogP contribution in [0.2, 0.25) is 0 Å². The fourth-order valence-corrected chi connectivity index (χ4v) is 3.33. The number of benzene rings is 1. The number of fused-ring (bicyclic) bond motifs is 1. The summed E-state index contributed by atoms with van der Waals surface area (Å²) in [6, 6.07) is 8.55. The van der Waals surface area contributed by atoms with E-state index in [1.807, 2.05) is 6.07 Å². The molecule has 4 rings (SSSR count). The summed E-state index contributed by atoms with van der Waals surface area (Å²) in [6.45, 7) is 0.167. The van der Waals surface area contributed by atoms with E-state index in [0.29, 0.717) is 35.8 Å². The molecule has 1 aromatic carbocycles. The molecule has 2 N–H and O–H groups in total. The molecule has 1 atom stereocenters. The first-order valence-corrected chi connectivity index (χ1v) is 8.52. The molecule has 2 aromatic rings. The van der Waals surface area contributed by atoms with Crippen molar-refractivity contribution < 1.29 is 24.1 Å². The van der Waals surface area contributed by atoms with Crippen LogP contribution in [0.4, 0.5) is 0 Å². The lowest BCUT2D eigenvalue weighted by Gasteiger charge is -2.38. The highest BCUT2D eigenvalue weighted by Gasteiger charge is 2.36. The number of methoxy groups -OCH3 is 1. The van der Waals surface area contributed by atoms with Crippen molar-refractivity contribution in [2.75, 3.05) is 13.9 Å². The van der Waals surface area contributed by atoms with Gasteiger partial charge < -0.3 is 24.6 Å². The molecule has 1 saturated carbocycles. The van der Waals surface area contributed by atoms with Crippen LogP contribution in [0.1, 0.15) is 34.8 Å². The number of nitrogens with one attached hydrogen (secondary N) is 1. The number of aromatic nitrogens is 1. The smallest absolute Gasteiger partial charge is 0.251 e. The summed E-state index contributed by atoms with van der Waals surface area (Å²) in [6.07, 6.45) is 2.70. The van der Waals surface area contributed by atoms with Crippen molar-refractivity contribution >= 4 is 5.91 Å². The number of aliphatic hydroxyl groups is 1. The van der Waals surface area contributed by atoms with E-state index in [9.17, 15) is 9.90 Å². The quantitative estimate of drug-likeness (QED) is 0.852. The second kappa shape index (κ2) is 6.84. The van der Waals surface area contributed by atoms with Crippen molar-refractivity contribution in [2.24, 2.45) is 5.92 Å². The largest absolute Gasteiger partial charge is 0.481 e. The zero-order valence-electron chi connectivity index (χ0n) is 14.3. The summed E-state index contributed by atoms with van der Waals surface area (Å²) in [5, 5.41) is 12.7. The van der Waals surface area contributed by atoms with Gasteiger partial charge in [-0.1, -0.05) is 6.07 Å². The lowest BCUT2D eigenvalue weighted by Crippen LogP contribution is -2.41. The number of carbonyl (C=O) groups is 1. The van der Waals surface area contributed by atoms with Crippen LogP contribution in [0.25, 0.3) is 0 Å². The van der Waals surface area contributed by atoms with Crippen LogP contribution < -0.4 is 19.5 Å². The van der Waals surface area contributed by atoms with E-state index in [1.165, 1.54) is 0 Å². The highest BCUT2D eigenvalue weighted by Crippen LogP contribution is 2.39. The summed E-state index contributed by atoms with van der Waals surface area (Å²) < 4.78 is 15.7. The molecule has 136 valence electrons. The summed E-state index contributed by atoms with van der Waals surface area (Å²) in [5.41, 5.74) is 1.39. The average molecular weight is 356 g/mol. The minimum atomic E-state index is -0.309. The molecule has 0 bridgehead atoms. The third-order valence-corrected chi connectivity index (χ3v) is 4.87. The van der Waals surface area contributed by atoms with Crippen LogP contribution in [0.3, 0.4) is 0 Å². The maximum Gasteiger partial charge on any atom is 0.251 e. The van der Waals surface area contributed by atoms with Gasteiger partial charge in [-0.25, -0.2) is 4.98 Å². The first-order chi connectivity index (χ1) is 12.6. The third-order valence-electron chi connectivity index (χ3n) is 4.87. The second-order valence-electron chi connectivity index (χ2n) is 6.54. The Balaban J connectivity index is 1.55. The van der Waals surface area contributed by atoms with Gasteiger partial charge >= 0.3 is 0 Å². The number of rotatable bonds is 5. The van der Waals surface area contributed by atoms with Gasteiger partial charge in [0, 0.05) is 17.8 Å². The first-order valence-electron chi connectivity index (χ1n) is 8.52. The average Bonchev–Trinajstić information content (AvgIpc) is 3.11. The van der Waals surface area contributed by atoms with Crippen molar-refractivity contribution in [1.82, 2.24) is 10.3 Å². The number of pyridine rings is 1. The molecule has 1 aromatic heterocycles. The predicted octanol–water partition coefficient (Wildman–Crippen LogP) is 2.06. The molecule has 0 saturated heterocycles. The number of aliphatic hydroxyl groups excluding tert-OH is 1. The maximum atomic E-state index is 12.8. The monoisotopic (exact) mass is 356 g/mol. The summed E-state index contributed by atoms with van der Waals surface area (Å²) in [4.78, 5) is 17.0. The Hall–Kier alpha value is -2.80. The molecule has 0 radical (unpaired) electrons. The summed E-state index contributed by atoms with van der Waals surface area (Å²) in [7, 11) is 1.56. The van der Waals surface area contributed by atoms with E-state index < -0.39 is 0 Å². The second-order valence-corrected chi connectivity index (χ2v) is 6.54. The van der Waals surface area contributed by atoms with Gasteiger partial charge in [0.05, 0.1) is 19.3 Å². The lowest BCUT2D eigenvalue weighted by molar-refractivity contribution is 0.0234. The van der Waals surface area contributed by atoms with Crippen molar-refractivity contribution in [3.8, 4) is 17.4 Å².